The third kappa shape index (κ3) is 4.21. The number of aryl methyl sites for hydroxylation is 2. The van der Waals surface area contributed by atoms with Crippen molar-refractivity contribution >= 4 is 33.7 Å². The van der Waals surface area contributed by atoms with E-state index in [-0.39, 0.29) is 24.0 Å². The van der Waals surface area contributed by atoms with Gasteiger partial charge in [-0.05, 0) is 43.2 Å². The molecule has 3 heterocycles. The summed E-state index contributed by atoms with van der Waals surface area (Å²) in [7, 11) is 0. The van der Waals surface area contributed by atoms with Crippen LogP contribution in [0.15, 0.2) is 52.3 Å². The Labute approximate surface area is 190 Å². The second kappa shape index (κ2) is 8.68. The number of benzene rings is 1. The number of nitrogens with zero attached hydrogens (tertiary/aromatic N) is 3. The number of nitrogens with one attached hydrogen (secondary N) is 1. The molecule has 0 radical (unpaired) electrons. The molecule has 4 rings (SSSR count). The first-order valence-corrected chi connectivity index (χ1v) is 10.8. The smallest absolute Gasteiger partial charge is 0.336 e. The van der Waals surface area contributed by atoms with Crippen molar-refractivity contribution in [2.75, 3.05) is 0 Å². The van der Waals surface area contributed by atoms with Gasteiger partial charge in [0.05, 0.1) is 11.6 Å². The number of fused-ring (bicyclic) bond motifs is 1. The first-order valence-electron chi connectivity index (χ1n) is 9.64. The number of carbonyl (C=O) groups excluding carboxylic acids is 1. The number of hydrogen-bond acceptors (Lipinski definition) is 5. The summed E-state index contributed by atoms with van der Waals surface area (Å²) >= 11 is 6.77. The SMILES string of the molecule is Cc1ccc(CNC(=O)c2cn3c(=O)n(Cc4ccc(Cl)c(F)c4)c(=O)c(C)c3s2)cn1. The number of pyridine rings is 1. The first-order chi connectivity index (χ1) is 15.2. The van der Waals surface area contributed by atoms with Gasteiger partial charge < -0.3 is 5.32 Å². The molecule has 3 aromatic heterocycles. The van der Waals surface area contributed by atoms with Gasteiger partial charge in [-0.15, -0.1) is 11.3 Å². The standard InChI is InChI=1S/C22H18ClFN4O3S/c1-12-3-4-15(8-25-12)9-26-19(29)18-11-28-21(32-18)13(2)20(30)27(22(28)31)10-14-5-6-16(23)17(24)7-14/h3-8,11H,9-10H2,1-2H3,(H,26,29). The van der Waals surface area contributed by atoms with E-state index in [4.69, 9.17) is 11.6 Å². The molecule has 0 unspecified atom stereocenters. The Morgan fingerprint density at radius 3 is 2.62 bits per heavy atom. The molecular formula is C22H18ClFN4O3S. The highest BCUT2D eigenvalue weighted by atomic mass is 35.5. The maximum absolute atomic E-state index is 13.8. The first kappa shape index (κ1) is 21.9. The molecule has 0 fully saturated rings. The van der Waals surface area contributed by atoms with E-state index in [1.807, 2.05) is 19.1 Å². The molecular weight excluding hydrogens is 455 g/mol. The van der Waals surface area contributed by atoms with Crippen molar-refractivity contribution in [2.45, 2.75) is 26.9 Å². The third-order valence-corrected chi connectivity index (χ3v) is 6.48. The van der Waals surface area contributed by atoms with E-state index in [0.717, 1.165) is 27.2 Å². The fraction of sp³-hybridized carbons (Fsp3) is 0.182. The summed E-state index contributed by atoms with van der Waals surface area (Å²) in [6.07, 6.45) is 3.10. The minimum Gasteiger partial charge on any atom is -0.347 e. The van der Waals surface area contributed by atoms with Crippen LogP contribution in [0, 0.1) is 19.7 Å². The van der Waals surface area contributed by atoms with E-state index in [2.05, 4.69) is 10.3 Å². The van der Waals surface area contributed by atoms with Crippen LogP contribution in [-0.4, -0.2) is 19.9 Å². The predicted molar refractivity (Wildman–Crippen MR) is 121 cm³/mol. The van der Waals surface area contributed by atoms with Crippen molar-refractivity contribution in [3.8, 4) is 0 Å². The van der Waals surface area contributed by atoms with E-state index in [1.54, 1.807) is 19.2 Å². The molecule has 0 aliphatic heterocycles. The topological polar surface area (TPSA) is 85.5 Å². The molecule has 4 aromatic rings. The Kier molecular flexibility index (Phi) is 5.94. The van der Waals surface area contributed by atoms with E-state index in [0.29, 0.717) is 20.8 Å². The summed E-state index contributed by atoms with van der Waals surface area (Å²) in [6.45, 7) is 3.63. The lowest BCUT2D eigenvalue weighted by Gasteiger charge is -2.08. The van der Waals surface area contributed by atoms with Gasteiger partial charge >= 0.3 is 5.69 Å². The lowest BCUT2D eigenvalue weighted by Crippen LogP contribution is -2.38. The van der Waals surface area contributed by atoms with Crippen molar-refractivity contribution in [1.82, 2.24) is 19.3 Å². The van der Waals surface area contributed by atoms with Crippen LogP contribution >= 0.6 is 22.9 Å². The molecule has 1 N–H and O–H groups in total. The second-order valence-corrected chi connectivity index (χ2v) is 8.75. The number of thiazole rings is 1. The molecule has 1 amide bonds. The average Bonchev–Trinajstić information content (AvgIpc) is 3.23. The van der Waals surface area contributed by atoms with Crippen molar-refractivity contribution in [2.24, 2.45) is 0 Å². The molecule has 1 aromatic carbocycles. The van der Waals surface area contributed by atoms with Gasteiger partial charge in [0, 0.05) is 30.2 Å². The monoisotopic (exact) mass is 472 g/mol. The van der Waals surface area contributed by atoms with Gasteiger partial charge in [-0.25, -0.2) is 9.18 Å². The molecule has 10 heteroatoms. The summed E-state index contributed by atoms with van der Waals surface area (Å²) in [4.78, 5) is 43.3. The van der Waals surface area contributed by atoms with Crippen LogP contribution in [0.4, 0.5) is 4.39 Å². The van der Waals surface area contributed by atoms with E-state index >= 15 is 0 Å². The fourth-order valence-electron chi connectivity index (χ4n) is 3.20. The largest absolute Gasteiger partial charge is 0.347 e. The summed E-state index contributed by atoms with van der Waals surface area (Å²) < 4.78 is 16.1. The lowest BCUT2D eigenvalue weighted by atomic mass is 10.2. The quantitative estimate of drug-likeness (QED) is 0.483. The number of rotatable bonds is 5. The number of amides is 1. The molecule has 164 valence electrons. The number of carbonyl (C=O) groups is 1. The molecule has 0 aliphatic rings. The zero-order valence-corrected chi connectivity index (χ0v) is 18.8. The summed E-state index contributed by atoms with van der Waals surface area (Å²) in [6, 6.07) is 7.83. The summed E-state index contributed by atoms with van der Waals surface area (Å²) in [5.41, 5.74) is 1.36. The van der Waals surface area contributed by atoms with E-state index in [9.17, 15) is 18.8 Å². The van der Waals surface area contributed by atoms with Crippen molar-refractivity contribution in [1.29, 1.82) is 0 Å². The number of aromatic nitrogens is 3. The number of hydrogen-bond donors (Lipinski definition) is 1. The Bertz CT molecular complexity index is 1460. The van der Waals surface area contributed by atoms with Gasteiger partial charge in [0.15, 0.2) is 0 Å². The highest BCUT2D eigenvalue weighted by molar-refractivity contribution is 7.19. The zero-order chi connectivity index (χ0) is 23.0. The third-order valence-electron chi connectivity index (χ3n) is 4.97. The molecule has 0 atom stereocenters. The maximum atomic E-state index is 13.8. The van der Waals surface area contributed by atoms with Crippen LogP contribution in [-0.2, 0) is 13.1 Å². The molecule has 32 heavy (non-hydrogen) atoms. The van der Waals surface area contributed by atoms with E-state index < -0.39 is 17.1 Å². The Hall–Kier alpha value is -3.30. The van der Waals surface area contributed by atoms with Crippen LogP contribution in [0.1, 0.15) is 32.1 Å². The van der Waals surface area contributed by atoms with Crippen LogP contribution in [0.2, 0.25) is 5.02 Å². The molecule has 0 aliphatic carbocycles. The summed E-state index contributed by atoms with van der Waals surface area (Å²) in [5.74, 6) is -0.995. The zero-order valence-electron chi connectivity index (χ0n) is 17.2. The predicted octanol–water partition coefficient (Wildman–Crippen LogP) is 3.31. The van der Waals surface area contributed by atoms with Crippen molar-refractivity contribution in [3.63, 3.8) is 0 Å². The highest BCUT2D eigenvalue weighted by Gasteiger charge is 2.18. The van der Waals surface area contributed by atoms with Gasteiger partial charge in [-0.3, -0.25) is 23.5 Å². The fourth-order valence-corrected chi connectivity index (χ4v) is 4.32. The van der Waals surface area contributed by atoms with Crippen LogP contribution in [0.25, 0.3) is 4.83 Å². The van der Waals surface area contributed by atoms with Gasteiger partial charge in [0.2, 0.25) is 0 Å². The minimum atomic E-state index is -0.631. The normalized spacial score (nSPS) is 11.1. The second-order valence-electron chi connectivity index (χ2n) is 7.31. The number of halogens is 2. The van der Waals surface area contributed by atoms with Gasteiger partial charge in [0.1, 0.15) is 15.5 Å². The van der Waals surface area contributed by atoms with Gasteiger partial charge in [0.25, 0.3) is 11.5 Å². The average molecular weight is 473 g/mol. The van der Waals surface area contributed by atoms with Gasteiger partial charge in [-0.2, -0.15) is 0 Å². The molecule has 0 bridgehead atoms. The van der Waals surface area contributed by atoms with Crippen molar-refractivity contribution in [3.05, 3.63) is 102 Å². The molecule has 7 nitrogen and oxygen atoms in total. The van der Waals surface area contributed by atoms with Crippen LogP contribution in [0.5, 0.6) is 0 Å². The molecule has 0 spiro atoms. The maximum Gasteiger partial charge on any atom is 0.336 e. The van der Waals surface area contributed by atoms with Crippen molar-refractivity contribution < 1.29 is 9.18 Å². The van der Waals surface area contributed by atoms with E-state index in [1.165, 1.54) is 22.7 Å². The van der Waals surface area contributed by atoms with Gasteiger partial charge in [-0.1, -0.05) is 23.7 Å². The summed E-state index contributed by atoms with van der Waals surface area (Å²) in [5, 5.41) is 2.75. The lowest BCUT2D eigenvalue weighted by molar-refractivity contribution is 0.0954. The highest BCUT2D eigenvalue weighted by Crippen LogP contribution is 2.19. The molecule has 0 saturated carbocycles. The Morgan fingerprint density at radius 2 is 1.94 bits per heavy atom. The molecule has 0 saturated heterocycles. The van der Waals surface area contributed by atoms with Crippen LogP contribution in [0.3, 0.4) is 0 Å². The minimum absolute atomic E-state index is 0.0423. The Morgan fingerprint density at radius 1 is 1.19 bits per heavy atom. The Balaban J connectivity index is 1.65. The van der Waals surface area contributed by atoms with Crippen LogP contribution < -0.4 is 16.6 Å².